The smallest absolute Gasteiger partial charge is 0.319 e. The Bertz CT molecular complexity index is 782. The number of rotatable bonds is 4. The number of urea groups is 1. The van der Waals surface area contributed by atoms with E-state index in [0.717, 1.165) is 11.8 Å². The Balaban J connectivity index is 1.60. The second-order valence-electron chi connectivity index (χ2n) is 5.61. The maximum Gasteiger partial charge on any atom is 0.319 e. The van der Waals surface area contributed by atoms with E-state index in [1.807, 2.05) is 30.3 Å². The van der Waals surface area contributed by atoms with E-state index >= 15 is 0 Å². The maximum atomic E-state index is 13.6. The number of hydrogen-bond donors (Lipinski definition) is 2. The number of para-hydroxylation sites is 1. The Labute approximate surface area is 144 Å². The molecule has 1 saturated heterocycles. The van der Waals surface area contributed by atoms with Crippen LogP contribution in [0.15, 0.2) is 48.5 Å². The molecular weight excluding hydrogens is 325 g/mol. The Kier molecular flexibility index (Phi) is 4.83. The van der Waals surface area contributed by atoms with Crippen molar-refractivity contribution >= 4 is 23.3 Å². The fourth-order valence-electron chi connectivity index (χ4n) is 2.75. The highest BCUT2D eigenvalue weighted by Crippen LogP contribution is 2.22. The van der Waals surface area contributed by atoms with E-state index in [0.29, 0.717) is 13.0 Å². The van der Waals surface area contributed by atoms with Gasteiger partial charge < -0.3 is 20.3 Å². The van der Waals surface area contributed by atoms with Gasteiger partial charge in [0.1, 0.15) is 6.04 Å². The SMILES string of the molecule is COc1ccc(NC(=O)N[C@@H]2CCN(c3ccccc3)C2=O)cc1F. The Hall–Kier alpha value is -3.09. The molecule has 3 amide bonds. The number of hydrogen-bond acceptors (Lipinski definition) is 3. The third-order valence-electron chi connectivity index (χ3n) is 3.99. The molecule has 130 valence electrons. The molecular formula is C18H18FN3O3. The van der Waals surface area contributed by atoms with Crippen molar-refractivity contribution < 1.29 is 18.7 Å². The highest BCUT2D eigenvalue weighted by molar-refractivity contribution is 6.02. The number of carbonyl (C=O) groups excluding carboxylic acids is 2. The zero-order valence-electron chi connectivity index (χ0n) is 13.7. The third-order valence-corrected chi connectivity index (χ3v) is 3.99. The van der Waals surface area contributed by atoms with Gasteiger partial charge in [-0.1, -0.05) is 18.2 Å². The van der Waals surface area contributed by atoms with Crippen LogP contribution in [-0.2, 0) is 4.79 Å². The highest BCUT2D eigenvalue weighted by atomic mass is 19.1. The van der Waals surface area contributed by atoms with Crippen LogP contribution in [-0.4, -0.2) is 31.6 Å². The van der Waals surface area contributed by atoms with Crippen molar-refractivity contribution in [3.8, 4) is 5.75 Å². The van der Waals surface area contributed by atoms with E-state index in [-0.39, 0.29) is 17.3 Å². The normalized spacial score (nSPS) is 16.6. The fourth-order valence-corrected chi connectivity index (χ4v) is 2.75. The average molecular weight is 343 g/mol. The van der Waals surface area contributed by atoms with Gasteiger partial charge in [-0.2, -0.15) is 0 Å². The molecule has 1 aliphatic heterocycles. The van der Waals surface area contributed by atoms with E-state index in [9.17, 15) is 14.0 Å². The maximum absolute atomic E-state index is 13.6. The minimum atomic E-state index is -0.608. The van der Waals surface area contributed by atoms with Gasteiger partial charge in [0.15, 0.2) is 11.6 Å². The van der Waals surface area contributed by atoms with Crippen LogP contribution in [0.4, 0.5) is 20.6 Å². The molecule has 2 N–H and O–H groups in total. The first-order chi connectivity index (χ1) is 12.1. The Morgan fingerprint density at radius 3 is 2.68 bits per heavy atom. The summed E-state index contributed by atoms with van der Waals surface area (Å²) in [5, 5.41) is 5.15. The summed E-state index contributed by atoms with van der Waals surface area (Å²) in [6, 6.07) is 12.2. The number of methoxy groups -OCH3 is 1. The van der Waals surface area contributed by atoms with E-state index in [4.69, 9.17) is 4.74 Å². The predicted octanol–water partition coefficient (Wildman–Crippen LogP) is 2.76. The lowest BCUT2D eigenvalue weighted by Gasteiger charge is -2.17. The molecule has 0 aliphatic carbocycles. The average Bonchev–Trinajstić information content (AvgIpc) is 2.96. The molecule has 0 spiro atoms. The van der Waals surface area contributed by atoms with Crippen molar-refractivity contribution in [3.05, 3.63) is 54.3 Å². The number of ether oxygens (including phenoxy) is 1. The van der Waals surface area contributed by atoms with E-state index in [2.05, 4.69) is 10.6 Å². The Morgan fingerprint density at radius 1 is 1.24 bits per heavy atom. The molecule has 25 heavy (non-hydrogen) atoms. The van der Waals surface area contributed by atoms with Crippen molar-refractivity contribution in [2.75, 3.05) is 23.9 Å². The van der Waals surface area contributed by atoms with Gasteiger partial charge in [0.25, 0.3) is 0 Å². The van der Waals surface area contributed by atoms with Crippen molar-refractivity contribution in [1.82, 2.24) is 5.32 Å². The summed E-state index contributed by atoms with van der Waals surface area (Å²) in [5.41, 5.74) is 1.08. The Morgan fingerprint density at radius 2 is 2.00 bits per heavy atom. The van der Waals surface area contributed by atoms with E-state index < -0.39 is 17.9 Å². The second kappa shape index (κ2) is 7.21. The zero-order chi connectivity index (χ0) is 17.8. The predicted molar refractivity (Wildman–Crippen MR) is 92.3 cm³/mol. The lowest BCUT2D eigenvalue weighted by Crippen LogP contribution is -2.43. The quantitative estimate of drug-likeness (QED) is 0.897. The third kappa shape index (κ3) is 3.71. The van der Waals surface area contributed by atoms with Crippen LogP contribution in [0.5, 0.6) is 5.75 Å². The summed E-state index contributed by atoms with van der Waals surface area (Å²) in [6.07, 6.45) is 0.512. The number of nitrogens with zero attached hydrogens (tertiary/aromatic N) is 1. The van der Waals surface area contributed by atoms with E-state index in [1.54, 1.807) is 4.90 Å². The number of halogens is 1. The number of nitrogens with one attached hydrogen (secondary N) is 2. The molecule has 6 nitrogen and oxygen atoms in total. The molecule has 0 radical (unpaired) electrons. The molecule has 0 unspecified atom stereocenters. The highest BCUT2D eigenvalue weighted by Gasteiger charge is 2.33. The number of carbonyl (C=O) groups is 2. The van der Waals surface area contributed by atoms with Gasteiger partial charge in [0.05, 0.1) is 7.11 Å². The van der Waals surface area contributed by atoms with Crippen LogP contribution < -0.4 is 20.3 Å². The van der Waals surface area contributed by atoms with E-state index in [1.165, 1.54) is 19.2 Å². The molecule has 1 atom stereocenters. The number of anilines is 2. The summed E-state index contributed by atoms with van der Waals surface area (Å²) in [7, 11) is 1.36. The monoisotopic (exact) mass is 343 g/mol. The van der Waals surface area contributed by atoms with Gasteiger partial charge in [-0.05, 0) is 30.7 Å². The van der Waals surface area contributed by atoms with Crippen LogP contribution in [0.25, 0.3) is 0 Å². The molecule has 2 aromatic rings. The first-order valence-electron chi connectivity index (χ1n) is 7.86. The number of amides is 3. The van der Waals surface area contributed by atoms with Gasteiger partial charge in [-0.15, -0.1) is 0 Å². The molecule has 2 aromatic carbocycles. The molecule has 1 fully saturated rings. The van der Waals surface area contributed by atoms with Crippen LogP contribution in [0.1, 0.15) is 6.42 Å². The molecule has 0 bridgehead atoms. The summed E-state index contributed by atoms with van der Waals surface area (Å²) in [6.45, 7) is 0.533. The minimum Gasteiger partial charge on any atom is -0.494 e. The largest absolute Gasteiger partial charge is 0.494 e. The molecule has 1 aliphatic rings. The lowest BCUT2D eigenvalue weighted by atomic mass is 10.2. The summed E-state index contributed by atoms with van der Waals surface area (Å²) in [5.74, 6) is -0.648. The van der Waals surface area contributed by atoms with Crippen LogP contribution in [0.2, 0.25) is 0 Å². The van der Waals surface area contributed by atoms with Crippen LogP contribution >= 0.6 is 0 Å². The lowest BCUT2D eigenvalue weighted by molar-refractivity contribution is -0.118. The first kappa shape index (κ1) is 16.8. The van der Waals surface area contributed by atoms with Crippen molar-refractivity contribution in [1.29, 1.82) is 0 Å². The summed E-state index contributed by atoms with van der Waals surface area (Å²) >= 11 is 0. The standard InChI is InChI=1S/C18H18FN3O3/c1-25-16-8-7-12(11-14(16)19)20-18(24)21-15-9-10-22(17(15)23)13-5-3-2-4-6-13/h2-8,11,15H,9-10H2,1H3,(H2,20,21,24)/t15-/m1/s1. The first-order valence-corrected chi connectivity index (χ1v) is 7.86. The van der Waals surface area contributed by atoms with Crippen molar-refractivity contribution in [2.24, 2.45) is 0 Å². The van der Waals surface area contributed by atoms with Crippen LogP contribution in [0.3, 0.4) is 0 Å². The molecule has 0 saturated carbocycles. The van der Waals surface area contributed by atoms with Crippen LogP contribution in [0, 0.1) is 5.82 Å². The minimum absolute atomic E-state index is 0.0930. The molecule has 1 heterocycles. The molecule has 0 aromatic heterocycles. The molecule has 7 heteroatoms. The van der Waals surface area contributed by atoms with Gasteiger partial charge in [-0.3, -0.25) is 4.79 Å². The summed E-state index contributed by atoms with van der Waals surface area (Å²) < 4.78 is 18.5. The second-order valence-corrected chi connectivity index (χ2v) is 5.61. The van der Waals surface area contributed by atoms with Gasteiger partial charge in [0, 0.05) is 24.0 Å². The topological polar surface area (TPSA) is 70.7 Å². The fraction of sp³-hybridized carbons (Fsp3) is 0.222. The van der Waals surface area contributed by atoms with Gasteiger partial charge in [-0.25, -0.2) is 9.18 Å². The van der Waals surface area contributed by atoms with Gasteiger partial charge >= 0.3 is 6.03 Å². The molecule has 3 rings (SSSR count). The van der Waals surface area contributed by atoms with Crippen molar-refractivity contribution in [3.63, 3.8) is 0 Å². The summed E-state index contributed by atoms with van der Waals surface area (Å²) in [4.78, 5) is 26.2. The van der Waals surface area contributed by atoms with Crippen molar-refractivity contribution in [2.45, 2.75) is 12.5 Å². The zero-order valence-corrected chi connectivity index (χ0v) is 13.7. The number of benzene rings is 2. The van der Waals surface area contributed by atoms with Gasteiger partial charge in [0.2, 0.25) is 5.91 Å².